The summed E-state index contributed by atoms with van der Waals surface area (Å²) in [4.78, 5) is 28.8. The molecule has 0 spiro atoms. The third-order valence-corrected chi connectivity index (χ3v) is 6.58. The van der Waals surface area contributed by atoms with Crippen LogP contribution in [0.1, 0.15) is 35.0 Å². The second-order valence-corrected chi connectivity index (χ2v) is 9.44. The van der Waals surface area contributed by atoms with E-state index in [0.717, 1.165) is 46.5 Å². The van der Waals surface area contributed by atoms with E-state index in [1.807, 2.05) is 66.7 Å². The van der Waals surface area contributed by atoms with Gasteiger partial charge >= 0.3 is 0 Å². The van der Waals surface area contributed by atoms with Gasteiger partial charge in [-0.25, -0.2) is 9.97 Å². The van der Waals surface area contributed by atoms with Crippen molar-refractivity contribution in [3.05, 3.63) is 102 Å². The molecule has 2 heterocycles. The highest BCUT2D eigenvalue weighted by molar-refractivity contribution is 7.98. The van der Waals surface area contributed by atoms with Crippen molar-refractivity contribution in [2.24, 2.45) is 0 Å². The number of carbonyl (C=O) groups is 1. The molecule has 7 heteroatoms. The highest BCUT2D eigenvalue weighted by Crippen LogP contribution is 2.27. The van der Waals surface area contributed by atoms with Crippen LogP contribution < -0.4 is 10.2 Å². The number of nitrogens with zero attached hydrogens (tertiary/aromatic N) is 4. The molecular weight excluding hydrogens is 466 g/mol. The van der Waals surface area contributed by atoms with Crippen molar-refractivity contribution >= 4 is 23.5 Å². The molecule has 0 radical (unpaired) electrons. The number of hydrogen-bond acceptors (Lipinski definition) is 6. The fourth-order valence-electron chi connectivity index (χ4n) is 3.78. The molecule has 0 saturated heterocycles. The second-order valence-electron chi connectivity index (χ2n) is 8.50. The van der Waals surface area contributed by atoms with E-state index in [1.165, 1.54) is 0 Å². The van der Waals surface area contributed by atoms with Crippen molar-refractivity contribution in [2.45, 2.75) is 30.7 Å². The minimum atomic E-state index is -0.0800. The molecule has 1 amide bonds. The maximum Gasteiger partial charge on any atom is 0.251 e. The van der Waals surface area contributed by atoms with Gasteiger partial charge in [0.15, 0.2) is 5.16 Å². The van der Waals surface area contributed by atoms with Crippen LogP contribution in [-0.4, -0.2) is 41.0 Å². The van der Waals surface area contributed by atoms with Crippen LogP contribution in [0.3, 0.4) is 0 Å². The van der Waals surface area contributed by atoms with E-state index in [9.17, 15) is 4.79 Å². The van der Waals surface area contributed by atoms with Crippen molar-refractivity contribution < 1.29 is 4.79 Å². The van der Waals surface area contributed by atoms with Crippen LogP contribution in [0.25, 0.3) is 11.3 Å². The summed E-state index contributed by atoms with van der Waals surface area (Å²) in [5.41, 5.74) is 4.64. The Balaban J connectivity index is 1.43. The predicted octanol–water partition coefficient (Wildman–Crippen LogP) is 5.65. The number of amides is 1. The summed E-state index contributed by atoms with van der Waals surface area (Å²) in [6.45, 7) is 3.63. The van der Waals surface area contributed by atoms with Gasteiger partial charge in [-0.05, 0) is 36.2 Å². The molecule has 0 fully saturated rings. The summed E-state index contributed by atoms with van der Waals surface area (Å²) in [5, 5.41) is 3.71. The lowest BCUT2D eigenvalue weighted by Gasteiger charge is -2.18. The Kier molecular flexibility index (Phi) is 9.05. The standard InChI is InChI=1S/C29H31N5OS/c1-3-18-34(2)27-20-26(23-11-5-4-6-12-23)32-29(33-27)36-21-22-10-9-13-24(19-22)28(35)31-17-15-25-14-7-8-16-30-25/h4-14,16,19-20H,3,15,17-18,21H2,1-2H3,(H,31,35). The molecule has 0 aliphatic carbocycles. The summed E-state index contributed by atoms with van der Waals surface area (Å²) >= 11 is 1.58. The Bertz CT molecular complexity index is 1270. The van der Waals surface area contributed by atoms with Crippen LogP contribution in [0.4, 0.5) is 5.82 Å². The molecule has 4 rings (SSSR count). The van der Waals surface area contributed by atoms with Crippen LogP contribution in [-0.2, 0) is 12.2 Å². The smallest absolute Gasteiger partial charge is 0.251 e. The molecule has 2 aromatic carbocycles. The number of nitrogens with one attached hydrogen (secondary N) is 1. The maximum absolute atomic E-state index is 12.7. The topological polar surface area (TPSA) is 71.0 Å². The van der Waals surface area contributed by atoms with Gasteiger partial charge in [-0.15, -0.1) is 0 Å². The zero-order valence-electron chi connectivity index (χ0n) is 20.7. The Hall–Kier alpha value is -3.71. The van der Waals surface area contributed by atoms with E-state index >= 15 is 0 Å². The van der Waals surface area contributed by atoms with Crippen LogP contribution in [0.5, 0.6) is 0 Å². The normalized spacial score (nSPS) is 10.7. The van der Waals surface area contributed by atoms with Gasteiger partial charge in [0, 0.05) is 61.4 Å². The summed E-state index contributed by atoms with van der Waals surface area (Å²) in [7, 11) is 2.06. The molecule has 184 valence electrons. The van der Waals surface area contributed by atoms with Gasteiger partial charge in [-0.1, -0.05) is 67.2 Å². The highest BCUT2D eigenvalue weighted by Gasteiger charge is 2.12. The third kappa shape index (κ3) is 7.15. The lowest BCUT2D eigenvalue weighted by Crippen LogP contribution is -2.25. The lowest BCUT2D eigenvalue weighted by atomic mass is 10.1. The summed E-state index contributed by atoms with van der Waals surface area (Å²) in [6.07, 6.45) is 3.51. The summed E-state index contributed by atoms with van der Waals surface area (Å²) in [5.74, 6) is 1.50. The molecule has 0 aliphatic rings. The molecule has 0 atom stereocenters. The van der Waals surface area contributed by atoms with E-state index in [1.54, 1.807) is 18.0 Å². The van der Waals surface area contributed by atoms with Crippen molar-refractivity contribution in [1.82, 2.24) is 20.3 Å². The van der Waals surface area contributed by atoms with Crippen LogP contribution in [0.15, 0.2) is 90.2 Å². The van der Waals surface area contributed by atoms with E-state index in [0.29, 0.717) is 24.3 Å². The molecule has 1 N–H and O–H groups in total. The van der Waals surface area contributed by atoms with E-state index in [-0.39, 0.29) is 5.91 Å². The molecule has 0 unspecified atom stereocenters. The average molecular weight is 498 g/mol. The number of hydrogen-bond donors (Lipinski definition) is 1. The highest BCUT2D eigenvalue weighted by atomic mass is 32.2. The first kappa shape index (κ1) is 25.4. The number of thioether (sulfide) groups is 1. The summed E-state index contributed by atoms with van der Waals surface area (Å²) < 4.78 is 0. The van der Waals surface area contributed by atoms with Crippen molar-refractivity contribution in [2.75, 3.05) is 25.0 Å². The van der Waals surface area contributed by atoms with Crippen LogP contribution >= 0.6 is 11.8 Å². The van der Waals surface area contributed by atoms with Gasteiger partial charge < -0.3 is 10.2 Å². The van der Waals surface area contributed by atoms with Gasteiger partial charge in [0.25, 0.3) is 5.91 Å². The minimum Gasteiger partial charge on any atom is -0.360 e. The number of aromatic nitrogens is 3. The number of pyridine rings is 1. The summed E-state index contributed by atoms with van der Waals surface area (Å²) in [6, 6.07) is 25.8. The molecule has 0 saturated carbocycles. The Morgan fingerprint density at radius 1 is 0.972 bits per heavy atom. The van der Waals surface area contributed by atoms with Crippen molar-refractivity contribution in [1.29, 1.82) is 0 Å². The zero-order chi connectivity index (χ0) is 25.2. The van der Waals surface area contributed by atoms with Gasteiger partial charge in [0.05, 0.1) is 5.69 Å². The van der Waals surface area contributed by atoms with Gasteiger partial charge in [0.2, 0.25) is 0 Å². The van der Waals surface area contributed by atoms with Gasteiger partial charge in [-0.2, -0.15) is 0 Å². The van der Waals surface area contributed by atoms with E-state index < -0.39 is 0 Å². The quantitative estimate of drug-likeness (QED) is 0.213. The number of anilines is 1. The van der Waals surface area contributed by atoms with Crippen molar-refractivity contribution in [3.8, 4) is 11.3 Å². The van der Waals surface area contributed by atoms with Gasteiger partial charge in [0.1, 0.15) is 5.82 Å². The largest absolute Gasteiger partial charge is 0.360 e. The minimum absolute atomic E-state index is 0.0800. The number of carbonyl (C=O) groups excluding carboxylic acids is 1. The van der Waals surface area contributed by atoms with E-state index in [4.69, 9.17) is 9.97 Å². The Morgan fingerprint density at radius 3 is 2.58 bits per heavy atom. The molecule has 0 bridgehead atoms. The second kappa shape index (κ2) is 12.8. The molecular formula is C29H31N5OS. The monoisotopic (exact) mass is 497 g/mol. The molecule has 2 aromatic heterocycles. The first-order valence-corrected chi connectivity index (χ1v) is 13.2. The Labute approximate surface area is 217 Å². The predicted molar refractivity (Wildman–Crippen MR) is 147 cm³/mol. The third-order valence-electron chi connectivity index (χ3n) is 5.66. The Morgan fingerprint density at radius 2 is 1.81 bits per heavy atom. The zero-order valence-corrected chi connectivity index (χ0v) is 21.5. The molecule has 36 heavy (non-hydrogen) atoms. The van der Waals surface area contributed by atoms with Crippen LogP contribution in [0, 0.1) is 0 Å². The molecule has 6 nitrogen and oxygen atoms in total. The lowest BCUT2D eigenvalue weighted by molar-refractivity contribution is 0.0954. The average Bonchev–Trinajstić information content (AvgIpc) is 2.93. The number of benzene rings is 2. The first-order chi connectivity index (χ1) is 17.6. The van der Waals surface area contributed by atoms with Crippen molar-refractivity contribution in [3.63, 3.8) is 0 Å². The maximum atomic E-state index is 12.7. The van der Waals surface area contributed by atoms with Crippen LogP contribution in [0.2, 0.25) is 0 Å². The molecule has 0 aliphatic heterocycles. The van der Waals surface area contributed by atoms with E-state index in [2.05, 4.69) is 41.3 Å². The number of rotatable bonds is 11. The first-order valence-electron chi connectivity index (χ1n) is 12.2. The molecule has 4 aromatic rings. The fraction of sp³-hybridized carbons (Fsp3) is 0.241. The fourth-order valence-corrected chi connectivity index (χ4v) is 4.58. The van der Waals surface area contributed by atoms with Gasteiger partial charge in [-0.3, -0.25) is 9.78 Å². The SMILES string of the molecule is CCCN(C)c1cc(-c2ccccc2)nc(SCc2cccc(C(=O)NCCc3ccccn3)c2)n1.